The lowest BCUT2D eigenvalue weighted by molar-refractivity contribution is -0.171. The van der Waals surface area contributed by atoms with E-state index in [1.807, 2.05) is 24.3 Å². The van der Waals surface area contributed by atoms with Gasteiger partial charge in [-0.15, -0.1) is 5.10 Å². The maximum atomic E-state index is 12.5. The molecule has 2 amide bonds. The van der Waals surface area contributed by atoms with E-state index in [2.05, 4.69) is 20.9 Å². The number of hydrogen-bond donors (Lipinski definition) is 2. The molecule has 2 aromatic rings. The third-order valence-corrected chi connectivity index (χ3v) is 6.11. The van der Waals surface area contributed by atoms with Crippen molar-refractivity contribution in [1.82, 2.24) is 20.3 Å². The van der Waals surface area contributed by atoms with Crippen LogP contribution in [0.2, 0.25) is 0 Å². The Kier molecular flexibility index (Phi) is 3.31. The van der Waals surface area contributed by atoms with Crippen LogP contribution in [0.5, 0.6) is 0 Å². The van der Waals surface area contributed by atoms with Crippen LogP contribution >= 0.6 is 0 Å². The van der Waals surface area contributed by atoms with E-state index >= 15 is 0 Å². The van der Waals surface area contributed by atoms with Crippen molar-refractivity contribution in [2.75, 3.05) is 11.9 Å². The first kappa shape index (κ1) is 14.9. The van der Waals surface area contributed by atoms with Gasteiger partial charge < -0.3 is 15.4 Å². The summed E-state index contributed by atoms with van der Waals surface area (Å²) in [4.78, 5) is 12.5. The maximum absolute atomic E-state index is 12.5. The van der Waals surface area contributed by atoms with Gasteiger partial charge in [0.2, 0.25) is 0 Å². The molecule has 0 radical (unpaired) electrons. The molecule has 0 unspecified atom stereocenters. The second kappa shape index (κ2) is 5.56. The van der Waals surface area contributed by atoms with Gasteiger partial charge in [0.05, 0.1) is 24.2 Å². The van der Waals surface area contributed by atoms with Gasteiger partial charge in [-0.3, -0.25) is 0 Å². The van der Waals surface area contributed by atoms with Crippen molar-refractivity contribution in [3.05, 3.63) is 36.7 Å². The van der Waals surface area contributed by atoms with Gasteiger partial charge in [-0.1, -0.05) is 17.7 Å². The third kappa shape index (κ3) is 2.26. The van der Waals surface area contributed by atoms with Crippen LogP contribution in [-0.4, -0.2) is 39.8 Å². The number of anilines is 1. The minimum Gasteiger partial charge on any atom is -0.377 e. The van der Waals surface area contributed by atoms with Gasteiger partial charge in [-0.2, -0.15) is 0 Å². The normalized spacial score (nSPS) is 28.7. The summed E-state index contributed by atoms with van der Waals surface area (Å²) < 4.78 is 7.57. The van der Waals surface area contributed by atoms with E-state index < -0.39 is 0 Å². The van der Waals surface area contributed by atoms with Gasteiger partial charge >= 0.3 is 6.03 Å². The number of carbonyl (C=O) groups is 1. The molecule has 7 nitrogen and oxygen atoms in total. The Labute approximate surface area is 145 Å². The first-order valence-electron chi connectivity index (χ1n) is 8.92. The number of carbonyl (C=O) groups excluding carboxylic acids is 1. The largest absolute Gasteiger partial charge is 0.377 e. The topological polar surface area (TPSA) is 81.1 Å². The number of amides is 2. The monoisotopic (exact) mass is 339 g/mol. The fraction of sp³-hybridized carbons (Fsp3) is 0.500. The molecule has 3 fully saturated rings. The number of fused-ring (bicyclic) bond motifs is 2. The van der Waals surface area contributed by atoms with Gasteiger partial charge in [-0.25, -0.2) is 9.48 Å². The number of ether oxygens (including phenoxy) is 1. The molecule has 1 aliphatic heterocycles. The smallest absolute Gasteiger partial charge is 0.319 e. The van der Waals surface area contributed by atoms with Gasteiger partial charge in [0.25, 0.3) is 0 Å². The first-order valence-corrected chi connectivity index (χ1v) is 8.92. The Hall–Kier alpha value is -2.41. The highest BCUT2D eigenvalue weighted by atomic mass is 16.5. The lowest BCUT2D eigenvalue weighted by atomic mass is 9.46. The van der Waals surface area contributed by atoms with E-state index in [0.717, 1.165) is 24.4 Å². The van der Waals surface area contributed by atoms with E-state index in [9.17, 15) is 4.79 Å². The zero-order valence-electron chi connectivity index (χ0n) is 13.9. The van der Waals surface area contributed by atoms with Crippen LogP contribution in [0.1, 0.15) is 25.7 Å². The molecule has 3 atom stereocenters. The van der Waals surface area contributed by atoms with Crippen molar-refractivity contribution >= 4 is 11.7 Å². The molecule has 5 rings (SSSR count). The summed E-state index contributed by atoms with van der Waals surface area (Å²) in [6.45, 7) is 0.830. The third-order valence-electron chi connectivity index (χ3n) is 6.11. The van der Waals surface area contributed by atoms with Crippen LogP contribution < -0.4 is 10.6 Å². The molecule has 1 spiro atoms. The molecule has 1 aromatic carbocycles. The fourth-order valence-corrected chi connectivity index (χ4v) is 4.84. The fourth-order valence-electron chi connectivity index (χ4n) is 4.84. The molecule has 1 saturated heterocycles. The number of aromatic nitrogens is 3. The minimum absolute atomic E-state index is 0.141. The van der Waals surface area contributed by atoms with Crippen molar-refractivity contribution in [1.29, 1.82) is 0 Å². The minimum atomic E-state index is -0.141. The molecule has 25 heavy (non-hydrogen) atoms. The van der Waals surface area contributed by atoms with Crippen LogP contribution in [-0.2, 0) is 4.74 Å². The zero-order valence-corrected chi connectivity index (χ0v) is 13.9. The van der Waals surface area contributed by atoms with Crippen molar-refractivity contribution in [3.63, 3.8) is 0 Å². The molecule has 2 N–H and O–H groups in total. The van der Waals surface area contributed by atoms with Gasteiger partial charge in [-0.05, 0) is 37.5 Å². The summed E-state index contributed by atoms with van der Waals surface area (Å²) in [6, 6.07) is 7.68. The number of urea groups is 1. The maximum Gasteiger partial charge on any atom is 0.319 e. The van der Waals surface area contributed by atoms with Crippen molar-refractivity contribution in [3.8, 4) is 5.69 Å². The van der Waals surface area contributed by atoms with Crippen LogP contribution in [0.25, 0.3) is 5.69 Å². The second-order valence-corrected chi connectivity index (χ2v) is 7.30. The van der Waals surface area contributed by atoms with Gasteiger partial charge in [0, 0.05) is 29.7 Å². The number of nitrogens with zero attached hydrogens (tertiary/aromatic N) is 3. The van der Waals surface area contributed by atoms with Crippen molar-refractivity contribution in [2.24, 2.45) is 11.3 Å². The standard InChI is InChI=1S/C18H21N5O2/c24-17(20-12-3-1-4-13(11-12)23-9-8-19-22-23)21-15-14-5-10-25-16(14)18(15)6-2-7-18/h1,3-4,8-9,11,14-16H,2,5-7,10H2,(H2,20,21,24)/t14-,15-,16-/m1/s1. The molecular weight excluding hydrogens is 318 g/mol. The van der Waals surface area contributed by atoms with Gasteiger partial charge in [0.1, 0.15) is 0 Å². The number of nitrogens with one attached hydrogen (secondary N) is 2. The van der Waals surface area contributed by atoms with Crippen molar-refractivity contribution in [2.45, 2.75) is 37.8 Å². The number of rotatable bonds is 3. The van der Waals surface area contributed by atoms with Crippen LogP contribution in [0.4, 0.5) is 10.5 Å². The lowest BCUT2D eigenvalue weighted by Gasteiger charge is -2.63. The quantitative estimate of drug-likeness (QED) is 0.899. The molecule has 3 aliphatic rings. The van der Waals surface area contributed by atoms with E-state index in [1.54, 1.807) is 17.1 Å². The highest BCUT2D eigenvalue weighted by Crippen LogP contribution is 2.62. The Balaban J connectivity index is 1.27. The van der Waals surface area contributed by atoms with Crippen molar-refractivity contribution < 1.29 is 9.53 Å². The summed E-state index contributed by atoms with van der Waals surface area (Å²) in [7, 11) is 0. The Morgan fingerprint density at radius 3 is 3.04 bits per heavy atom. The predicted molar refractivity (Wildman–Crippen MR) is 91.4 cm³/mol. The number of hydrogen-bond acceptors (Lipinski definition) is 4. The SMILES string of the molecule is O=C(Nc1cccc(-n2ccnn2)c1)N[C@@H]1[C@H]2CCO[C@H]2C12CCC2. The Morgan fingerprint density at radius 2 is 2.28 bits per heavy atom. The number of benzene rings is 1. The molecule has 130 valence electrons. The summed E-state index contributed by atoms with van der Waals surface area (Å²) in [5, 5.41) is 14.0. The van der Waals surface area contributed by atoms with E-state index in [-0.39, 0.29) is 17.5 Å². The summed E-state index contributed by atoms with van der Waals surface area (Å²) in [5.41, 5.74) is 1.80. The average molecular weight is 339 g/mol. The van der Waals surface area contributed by atoms with E-state index in [1.165, 1.54) is 19.3 Å². The molecule has 2 aliphatic carbocycles. The summed E-state index contributed by atoms with van der Waals surface area (Å²) in [5.74, 6) is 0.479. The lowest BCUT2D eigenvalue weighted by Crippen LogP contribution is -2.72. The summed E-state index contributed by atoms with van der Waals surface area (Å²) >= 11 is 0. The summed E-state index contributed by atoms with van der Waals surface area (Å²) in [6.07, 6.45) is 8.39. The second-order valence-electron chi connectivity index (χ2n) is 7.30. The van der Waals surface area contributed by atoms with Gasteiger partial charge in [0.15, 0.2) is 0 Å². The van der Waals surface area contributed by atoms with Crippen LogP contribution in [0.3, 0.4) is 0 Å². The average Bonchev–Trinajstić information content (AvgIpc) is 3.22. The highest BCUT2D eigenvalue weighted by Gasteiger charge is 2.66. The highest BCUT2D eigenvalue weighted by molar-refractivity contribution is 5.90. The van der Waals surface area contributed by atoms with E-state index in [4.69, 9.17) is 4.74 Å². The predicted octanol–water partition coefficient (Wildman–Crippen LogP) is 2.35. The Morgan fingerprint density at radius 1 is 1.36 bits per heavy atom. The van der Waals surface area contributed by atoms with Crippen LogP contribution in [0, 0.1) is 11.3 Å². The van der Waals surface area contributed by atoms with Crippen LogP contribution in [0.15, 0.2) is 36.7 Å². The molecule has 1 aromatic heterocycles. The molecule has 0 bridgehead atoms. The molecule has 2 saturated carbocycles. The Bertz CT molecular complexity index is 787. The first-order chi connectivity index (χ1) is 12.3. The molecule has 2 heterocycles. The van der Waals surface area contributed by atoms with E-state index in [0.29, 0.717) is 12.0 Å². The molecule has 7 heteroatoms. The zero-order chi connectivity index (χ0) is 16.9. The molecular formula is C18H21N5O2.